The van der Waals surface area contributed by atoms with Crippen LogP contribution in [-0.2, 0) is 10.0 Å². The van der Waals surface area contributed by atoms with Crippen molar-refractivity contribution in [1.82, 2.24) is 10.0 Å². The molecule has 1 rings (SSSR count). The molecule has 6 nitrogen and oxygen atoms in total. The zero-order valence-electron chi connectivity index (χ0n) is 10.9. The highest BCUT2D eigenvalue weighted by molar-refractivity contribution is 7.89. The van der Waals surface area contributed by atoms with Crippen LogP contribution < -0.4 is 10.0 Å². The molecular weight excluding hydrogens is 302 g/mol. The zero-order chi connectivity index (χ0) is 15.2. The van der Waals surface area contributed by atoms with Gasteiger partial charge in [-0.05, 0) is 25.1 Å². The van der Waals surface area contributed by atoms with Crippen LogP contribution in [0.2, 0.25) is 5.02 Å². The van der Waals surface area contributed by atoms with Gasteiger partial charge < -0.3 is 10.4 Å². The molecule has 0 spiro atoms. The Bertz CT molecular complexity index is 596. The van der Waals surface area contributed by atoms with Gasteiger partial charge >= 0.3 is 0 Å². The minimum absolute atomic E-state index is 0.0406. The summed E-state index contributed by atoms with van der Waals surface area (Å²) in [4.78, 5) is -0.136. The summed E-state index contributed by atoms with van der Waals surface area (Å²) in [5.41, 5.74) is 0.0406. The van der Waals surface area contributed by atoms with Gasteiger partial charge in [-0.25, -0.2) is 13.1 Å². The maximum absolute atomic E-state index is 12.1. The number of rotatable bonds is 7. The van der Waals surface area contributed by atoms with Crippen LogP contribution in [0.15, 0.2) is 23.1 Å². The maximum atomic E-state index is 12.1. The van der Waals surface area contributed by atoms with Crippen molar-refractivity contribution in [3.63, 3.8) is 0 Å². The third-order valence-electron chi connectivity index (χ3n) is 2.39. The molecule has 0 saturated carbocycles. The molecule has 1 aromatic rings. The third kappa shape index (κ3) is 5.07. The van der Waals surface area contributed by atoms with Crippen LogP contribution in [-0.4, -0.2) is 39.3 Å². The SMILES string of the molecule is CC(O)CNCCNS(=O)(=O)c1cc(Cl)ccc1C#N. The Morgan fingerprint density at radius 2 is 2.15 bits per heavy atom. The van der Waals surface area contributed by atoms with Gasteiger partial charge in [0.1, 0.15) is 11.0 Å². The first-order valence-corrected chi connectivity index (χ1v) is 7.81. The predicted octanol–water partition coefficient (Wildman–Crippen LogP) is 0.460. The quantitative estimate of drug-likeness (QED) is 0.634. The minimum atomic E-state index is -3.79. The van der Waals surface area contributed by atoms with Gasteiger partial charge in [0, 0.05) is 24.7 Å². The smallest absolute Gasteiger partial charge is 0.241 e. The van der Waals surface area contributed by atoms with Gasteiger partial charge in [0.05, 0.1) is 11.7 Å². The van der Waals surface area contributed by atoms with Crippen molar-refractivity contribution in [3.05, 3.63) is 28.8 Å². The molecule has 0 heterocycles. The molecule has 0 amide bonds. The second-order valence-corrected chi connectivity index (χ2v) is 6.38. The second kappa shape index (κ2) is 7.57. The molecule has 0 aromatic heterocycles. The Kier molecular flexibility index (Phi) is 6.39. The fourth-order valence-electron chi connectivity index (χ4n) is 1.47. The summed E-state index contributed by atoms with van der Waals surface area (Å²) in [7, 11) is -3.79. The second-order valence-electron chi connectivity index (χ2n) is 4.20. The first-order chi connectivity index (χ1) is 9.36. The Morgan fingerprint density at radius 1 is 1.45 bits per heavy atom. The van der Waals surface area contributed by atoms with Crippen molar-refractivity contribution in [1.29, 1.82) is 5.26 Å². The van der Waals surface area contributed by atoms with Crippen LogP contribution in [0.3, 0.4) is 0 Å². The van der Waals surface area contributed by atoms with Crippen LogP contribution in [0.25, 0.3) is 0 Å². The van der Waals surface area contributed by atoms with Crippen molar-refractivity contribution in [3.8, 4) is 6.07 Å². The highest BCUT2D eigenvalue weighted by atomic mass is 35.5. The van der Waals surface area contributed by atoms with E-state index in [0.717, 1.165) is 0 Å². The van der Waals surface area contributed by atoms with Crippen molar-refractivity contribution in [2.45, 2.75) is 17.9 Å². The van der Waals surface area contributed by atoms with Crippen LogP contribution in [0.4, 0.5) is 0 Å². The number of nitrogens with one attached hydrogen (secondary N) is 2. The average Bonchev–Trinajstić information content (AvgIpc) is 2.37. The van der Waals surface area contributed by atoms with Gasteiger partial charge in [0.2, 0.25) is 10.0 Å². The van der Waals surface area contributed by atoms with Crippen molar-refractivity contribution < 1.29 is 13.5 Å². The monoisotopic (exact) mass is 317 g/mol. The number of aliphatic hydroxyl groups is 1. The van der Waals surface area contributed by atoms with Gasteiger partial charge in [0.15, 0.2) is 0 Å². The average molecular weight is 318 g/mol. The standard InChI is InChI=1S/C12H16ClN3O3S/c1-9(17)8-15-4-5-16-20(18,19)12-6-11(13)3-2-10(12)7-14/h2-3,6,9,15-17H,4-5,8H2,1H3. The number of sulfonamides is 1. The van der Waals surface area contributed by atoms with E-state index in [1.165, 1.54) is 18.2 Å². The third-order valence-corrected chi connectivity index (χ3v) is 4.12. The summed E-state index contributed by atoms with van der Waals surface area (Å²) in [6, 6.07) is 5.89. The summed E-state index contributed by atoms with van der Waals surface area (Å²) in [5, 5.41) is 21.1. The van der Waals surface area contributed by atoms with E-state index in [9.17, 15) is 8.42 Å². The number of hydrogen-bond donors (Lipinski definition) is 3. The van der Waals surface area contributed by atoms with Crippen LogP contribution >= 0.6 is 11.6 Å². The lowest BCUT2D eigenvalue weighted by Crippen LogP contribution is -2.34. The lowest BCUT2D eigenvalue weighted by Gasteiger charge is -2.10. The topological polar surface area (TPSA) is 102 Å². The summed E-state index contributed by atoms with van der Waals surface area (Å²) < 4.78 is 26.5. The number of nitriles is 1. The number of hydrogen-bond acceptors (Lipinski definition) is 5. The minimum Gasteiger partial charge on any atom is -0.392 e. The van der Waals surface area contributed by atoms with Gasteiger partial charge in [-0.15, -0.1) is 0 Å². The highest BCUT2D eigenvalue weighted by Gasteiger charge is 2.18. The van der Waals surface area contributed by atoms with Crippen LogP contribution in [0, 0.1) is 11.3 Å². The van der Waals surface area contributed by atoms with E-state index >= 15 is 0 Å². The van der Waals surface area contributed by atoms with Crippen molar-refractivity contribution in [2.24, 2.45) is 0 Å². The van der Waals surface area contributed by atoms with Crippen molar-refractivity contribution >= 4 is 21.6 Å². The van der Waals surface area contributed by atoms with E-state index in [4.69, 9.17) is 22.0 Å². The molecule has 1 atom stereocenters. The van der Waals surface area contributed by atoms with E-state index in [2.05, 4.69) is 10.0 Å². The van der Waals surface area contributed by atoms with Crippen molar-refractivity contribution in [2.75, 3.05) is 19.6 Å². The van der Waals surface area contributed by atoms with E-state index in [1.54, 1.807) is 6.92 Å². The van der Waals surface area contributed by atoms with E-state index in [-0.39, 0.29) is 22.0 Å². The lowest BCUT2D eigenvalue weighted by molar-refractivity contribution is 0.192. The summed E-state index contributed by atoms with van der Waals surface area (Å²) in [5.74, 6) is 0. The molecule has 110 valence electrons. The Hall–Kier alpha value is -1.17. The molecule has 0 aliphatic rings. The highest BCUT2D eigenvalue weighted by Crippen LogP contribution is 2.19. The molecule has 0 fully saturated rings. The molecule has 3 N–H and O–H groups in total. The molecule has 20 heavy (non-hydrogen) atoms. The molecule has 1 aromatic carbocycles. The van der Waals surface area contributed by atoms with Gasteiger partial charge in [0.25, 0.3) is 0 Å². The molecule has 0 aliphatic carbocycles. The fraction of sp³-hybridized carbons (Fsp3) is 0.417. The van der Waals surface area contributed by atoms with E-state index in [1.807, 2.05) is 6.07 Å². The number of benzene rings is 1. The fourth-order valence-corrected chi connectivity index (χ4v) is 2.92. The summed E-state index contributed by atoms with van der Waals surface area (Å²) in [6.07, 6.45) is -0.496. The van der Waals surface area contributed by atoms with Gasteiger partial charge in [-0.2, -0.15) is 5.26 Å². The maximum Gasteiger partial charge on any atom is 0.241 e. The first kappa shape index (κ1) is 16.9. The normalized spacial score (nSPS) is 12.9. The number of aliphatic hydroxyl groups excluding tert-OH is 1. The number of nitrogens with zero attached hydrogens (tertiary/aromatic N) is 1. The summed E-state index contributed by atoms with van der Waals surface area (Å²) in [6.45, 7) is 2.52. The van der Waals surface area contributed by atoms with E-state index in [0.29, 0.717) is 13.1 Å². The largest absolute Gasteiger partial charge is 0.392 e. The molecule has 0 saturated heterocycles. The molecule has 0 aliphatic heterocycles. The Morgan fingerprint density at radius 3 is 2.75 bits per heavy atom. The number of halogens is 1. The predicted molar refractivity (Wildman–Crippen MR) is 75.9 cm³/mol. The molecule has 1 unspecified atom stereocenters. The molecule has 8 heteroatoms. The van der Waals surface area contributed by atoms with E-state index < -0.39 is 16.1 Å². The lowest BCUT2D eigenvalue weighted by atomic mass is 10.2. The van der Waals surface area contributed by atoms with Gasteiger partial charge in [-0.3, -0.25) is 0 Å². The molecular formula is C12H16ClN3O3S. The summed E-state index contributed by atoms with van der Waals surface area (Å²) >= 11 is 5.76. The Labute approximate surface area is 123 Å². The van der Waals surface area contributed by atoms with Crippen LogP contribution in [0.5, 0.6) is 0 Å². The first-order valence-electron chi connectivity index (χ1n) is 5.95. The Balaban J connectivity index is 2.70. The molecule has 0 bridgehead atoms. The van der Waals surface area contributed by atoms with Gasteiger partial charge in [-0.1, -0.05) is 11.6 Å². The zero-order valence-corrected chi connectivity index (χ0v) is 12.5. The molecule has 0 radical (unpaired) electrons. The van der Waals surface area contributed by atoms with Crippen LogP contribution in [0.1, 0.15) is 12.5 Å².